The smallest absolute Gasteiger partial charge is 0.147 e. The minimum Gasteiger partial charge on any atom is -0.298 e. The number of thiophene rings is 1. The maximum atomic E-state index is 12.2. The molecule has 4 heteroatoms. The van der Waals surface area contributed by atoms with E-state index in [1.165, 1.54) is 10.6 Å². The summed E-state index contributed by atoms with van der Waals surface area (Å²) in [5.41, 5.74) is 0. The highest BCUT2D eigenvalue weighted by molar-refractivity contribution is 8.07. The van der Waals surface area contributed by atoms with Gasteiger partial charge in [0.2, 0.25) is 0 Å². The Bertz CT molecular complexity index is 348. The molecule has 1 aromatic heterocycles. The predicted molar refractivity (Wildman–Crippen MR) is 80.4 cm³/mol. The minimum absolute atomic E-state index is 0.249. The number of hydrogen-bond donors (Lipinski definition) is 0. The lowest BCUT2D eigenvalue weighted by atomic mass is 10.1. The molecule has 1 nitrogen and oxygen atoms in total. The Morgan fingerprint density at radius 3 is 2.94 bits per heavy atom. The van der Waals surface area contributed by atoms with E-state index in [1.807, 2.05) is 23.5 Å². The van der Waals surface area contributed by atoms with E-state index in [-0.39, 0.29) is 5.25 Å². The fourth-order valence-electron chi connectivity index (χ4n) is 2.04. The second-order valence-corrected chi connectivity index (χ2v) is 7.78. The van der Waals surface area contributed by atoms with Gasteiger partial charge < -0.3 is 0 Å². The van der Waals surface area contributed by atoms with Gasteiger partial charge >= 0.3 is 0 Å². The first kappa shape index (κ1) is 13.5. The molecule has 2 atom stereocenters. The standard InChI is InChI=1S/C13H18OS3/c1-2-12-13(17-9-8-16-12)11(14)6-5-10-4-3-7-15-10/h3-4,7,12-13H,2,5-6,8-9H2,1H3. The maximum absolute atomic E-state index is 12.2. The Labute approximate surface area is 116 Å². The number of hydrogen-bond acceptors (Lipinski definition) is 4. The molecule has 1 fully saturated rings. The third-order valence-corrected chi connectivity index (χ3v) is 7.20. The molecule has 94 valence electrons. The summed E-state index contributed by atoms with van der Waals surface area (Å²) in [6, 6.07) is 4.18. The fraction of sp³-hybridized carbons (Fsp3) is 0.615. The van der Waals surface area contributed by atoms with Crippen LogP contribution in [0.4, 0.5) is 0 Å². The van der Waals surface area contributed by atoms with E-state index in [1.54, 1.807) is 11.3 Å². The zero-order valence-electron chi connectivity index (χ0n) is 10.1. The molecule has 0 aromatic carbocycles. The molecule has 2 unspecified atom stereocenters. The molecule has 1 aliphatic rings. The summed E-state index contributed by atoms with van der Waals surface area (Å²) in [6.07, 6.45) is 2.76. The predicted octanol–water partition coefficient (Wildman–Crippen LogP) is 3.88. The Balaban J connectivity index is 1.85. The van der Waals surface area contributed by atoms with Gasteiger partial charge in [0, 0.05) is 28.1 Å². The van der Waals surface area contributed by atoms with Crippen LogP contribution in [0.2, 0.25) is 0 Å². The van der Waals surface area contributed by atoms with Gasteiger partial charge in [-0.3, -0.25) is 4.79 Å². The Hall–Kier alpha value is 0.0700. The summed E-state index contributed by atoms with van der Waals surface area (Å²) < 4.78 is 0. The molecule has 0 bridgehead atoms. The number of ketones is 1. The molecule has 1 saturated heterocycles. The van der Waals surface area contributed by atoms with Crippen molar-refractivity contribution in [2.45, 2.75) is 36.7 Å². The highest BCUT2D eigenvalue weighted by Gasteiger charge is 2.30. The molecule has 0 spiro atoms. The van der Waals surface area contributed by atoms with E-state index in [0.717, 1.165) is 25.0 Å². The van der Waals surface area contributed by atoms with Crippen LogP contribution in [-0.2, 0) is 11.2 Å². The molecule has 0 saturated carbocycles. The first-order valence-corrected chi connectivity index (χ1v) is 9.07. The van der Waals surface area contributed by atoms with Crippen molar-refractivity contribution in [1.82, 2.24) is 0 Å². The first-order valence-electron chi connectivity index (χ1n) is 6.09. The number of Topliss-reactive ketones (excluding diaryl/α,β-unsaturated/α-hetero) is 1. The highest BCUT2D eigenvalue weighted by Crippen LogP contribution is 2.34. The SMILES string of the molecule is CCC1SCCSC1C(=O)CCc1cccs1. The zero-order chi connectivity index (χ0) is 12.1. The van der Waals surface area contributed by atoms with Crippen LogP contribution in [-0.4, -0.2) is 27.8 Å². The van der Waals surface area contributed by atoms with E-state index in [0.29, 0.717) is 11.0 Å². The van der Waals surface area contributed by atoms with E-state index < -0.39 is 0 Å². The monoisotopic (exact) mass is 286 g/mol. The van der Waals surface area contributed by atoms with Gasteiger partial charge in [0.05, 0.1) is 5.25 Å². The highest BCUT2D eigenvalue weighted by atomic mass is 32.2. The Kier molecular flexibility index (Phi) is 5.45. The molecule has 0 aliphatic carbocycles. The van der Waals surface area contributed by atoms with Crippen molar-refractivity contribution in [3.8, 4) is 0 Å². The van der Waals surface area contributed by atoms with Gasteiger partial charge in [0.1, 0.15) is 5.78 Å². The molecule has 2 rings (SSSR count). The lowest BCUT2D eigenvalue weighted by Crippen LogP contribution is -2.32. The van der Waals surface area contributed by atoms with Crippen molar-refractivity contribution in [2.75, 3.05) is 11.5 Å². The number of carbonyl (C=O) groups excluding carboxylic acids is 1. The van der Waals surface area contributed by atoms with E-state index in [2.05, 4.69) is 24.4 Å². The lowest BCUT2D eigenvalue weighted by Gasteiger charge is -2.28. The normalized spacial score (nSPS) is 24.8. The van der Waals surface area contributed by atoms with Crippen molar-refractivity contribution in [3.63, 3.8) is 0 Å². The van der Waals surface area contributed by atoms with Gasteiger partial charge in [0.25, 0.3) is 0 Å². The summed E-state index contributed by atoms with van der Waals surface area (Å²) >= 11 is 5.61. The summed E-state index contributed by atoms with van der Waals surface area (Å²) in [5, 5.41) is 2.88. The lowest BCUT2D eigenvalue weighted by molar-refractivity contribution is -0.118. The number of rotatable bonds is 5. The molecule has 1 aliphatic heterocycles. The molecular weight excluding hydrogens is 268 g/mol. The molecular formula is C13H18OS3. The van der Waals surface area contributed by atoms with Crippen molar-refractivity contribution >= 4 is 40.6 Å². The average molecular weight is 286 g/mol. The first-order chi connectivity index (χ1) is 8.31. The van der Waals surface area contributed by atoms with Crippen LogP contribution in [0.5, 0.6) is 0 Å². The summed E-state index contributed by atoms with van der Waals surface area (Å²) in [6.45, 7) is 2.20. The van der Waals surface area contributed by atoms with Crippen LogP contribution in [0, 0.1) is 0 Å². The molecule has 2 heterocycles. The van der Waals surface area contributed by atoms with Gasteiger partial charge in [0.15, 0.2) is 0 Å². The van der Waals surface area contributed by atoms with Crippen LogP contribution in [0.25, 0.3) is 0 Å². The quantitative estimate of drug-likeness (QED) is 0.818. The van der Waals surface area contributed by atoms with Crippen molar-refractivity contribution < 1.29 is 4.79 Å². The largest absolute Gasteiger partial charge is 0.298 e. The van der Waals surface area contributed by atoms with Gasteiger partial charge in [-0.1, -0.05) is 13.0 Å². The molecule has 0 radical (unpaired) electrons. The van der Waals surface area contributed by atoms with E-state index in [4.69, 9.17) is 0 Å². The molecule has 0 amide bonds. The molecule has 0 N–H and O–H groups in total. The van der Waals surface area contributed by atoms with Gasteiger partial charge in [-0.15, -0.1) is 23.1 Å². The second kappa shape index (κ2) is 6.86. The van der Waals surface area contributed by atoms with Gasteiger partial charge in [-0.25, -0.2) is 0 Å². The van der Waals surface area contributed by atoms with Crippen LogP contribution in [0.3, 0.4) is 0 Å². The van der Waals surface area contributed by atoms with Gasteiger partial charge in [-0.2, -0.15) is 11.8 Å². The number of carbonyl (C=O) groups is 1. The summed E-state index contributed by atoms with van der Waals surface area (Å²) in [7, 11) is 0. The third-order valence-electron chi connectivity index (χ3n) is 2.97. The Morgan fingerprint density at radius 1 is 1.41 bits per heavy atom. The Morgan fingerprint density at radius 2 is 2.24 bits per heavy atom. The minimum atomic E-state index is 0.249. The van der Waals surface area contributed by atoms with Crippen molar-refractivity contribution in [3.05, 3.63) is 22.4 Å². The van der Waals surface area contributed by atoms with Crippen molar-refractivity contribution in [2.24, 2.45) is 0 Å². The second-order valence-electron chi connectivity index (χ2n) is 4.15. The molecule has 17 heavy (non-hydrogen) atoms. The maximum Gasteiger partial charge on any atom is 0.147 e. The third kappa shape index (κ3) is 3.76. The van der Waals surface area contributed by atoms with Crippen LogP contribution in [0.1, 0.15) is 24.6 Å². The van der Waals surface area contributed by atoms with Crippen LogP contribution in [0.15, 0.2) is 17.5 Å². The topological polar surface area (TPSA) is 17.1 Å². The van der Waals surface area contributed by atoms with Crippen LogP contribution < -0.4 is 0 Å². The van der Waals surface area contributed by atoms with Gasteiger partial charge in [-0.05, 0) is 24.3 Å². The average Bonchev–Trinajstić information content (AvgIpc) is 2.89. The van der Waals surface area contributed by atoms with E-state index >= 15 is 0 Å². The number of thioether (sulfide) groups is 2. The molecule has 1 aromatic rings. The fourth-order valence-corrected chi connectivity index (χ4v) is 5.82. The number of aryl methyl sites for hydroxylation is 1. The summed E-state index contributed by atoms with van der Waals surface area (Å²) in [4.78, 5) is 13.6. The van der Waals surface area contributed by atoms with Crippen molar-refractivity contribution in [1.29, 1.82) is 0 Å². The van der Waals surface area contributed by atoms with E-state index in [9.17, 15) is 4.79 Å². The zero-order valence-corrected chi connectivity index (χ0v) is 12.5. The van der Waals surface area contributed by atoms with Crippen LogP contribution >= 0.6 is 34.9 Å². The summed E-state index contributed by atoms with van der Waals surface area (Å²) in [5.74, 6) is 2.80.